The number of hydrogen-bond acceptors (Lipinski definition) is 1. The smallest absolute Gasteiger partial charge is 0.0692 e. The highest BCUT2D eigenvalue weighted by molar-refractivity contribution is 6.25. The van der Waals surface area contributed by atoms with Crippen LogP contribution in [-0.4, -0.2) is 12.2 Å². The van der Waals surface area contributed by atoms with Gasteiger partial charge in [0.05, 0.1) is 12.2 Å². The highest BCUT2D eigenvalue weighted by Crippen LogP contribution is 2.08. The van der Waals surface area contributed by atoms with Crippen molar-refractivity contribution in [1.82, 2.24) is 0 Å². The average molecular weight is 163 g/mol. The number of ether oxygens (including phenoxy) is 1. The first-order valence-corrected chi connectivity index (χ1v) is 3.79. The summed E-state index contributed by atoms with van der Waals surface area (Å²) in [5.41, 5.74) is 2.53. The Morgan fingerprint density at radius 3 is 2.30 bits per heavy atom. The molecule has 0 aromatic carbocycles. The maximum absolute atomic E-state index is 5.44. The molecule has 0 bridgehead atoms. The monoisotopic (exact) mass is 162 g/mol. The predicted octanol–water partition coefficient (Wildman–Crippen LogP) is 2.94. The third-order valence-corrected chi connectivity index (χ3v) is 1.29. The highest BCUT2D eigenvalue weighted by atomic mass is 35.5. The molecule has 0 radical (unpaired) electrons. The molecule has 0 aliphatic rings. The van der Waals surface area contributed by atoms with Crippen LogP contribution in [0.5, 0.6) is 0 Å². The molecule has 0 rings (SSSR count). The molecule has 0 heterocycles. The summed E-state index contributed by atoms with van der Waals surface area (Å²) in [5.74, 6) is 0. The molecule has 0 aromatic rings. The van der Waals surface area contributed by atoms with E-state index in [1.807, 2.05) is 27.7 Å². The first-order valence-electron chi connectivity index (χ1n) is 3.35. The lowest BCUT2D eigenvalue weighted by Gasteiger charge is -2.19. The normalized spacial score (nSPS) is 13.9. The van der Waals surface area contributed by atoms with Crippen molar-refractivity contribution in [2.24, 2.45) is 0 Å². The van der Waals surface area contributed by atoms with E-state index in [0.29, 0.717) is 6.61 Å². The van der Waals surface area contributed by atoms with Crippen LogP contribution in [-0.2, 0) is 4.74 Å². The van der Waals surface area contributed by atoms with Crippen molar-refractivity contribution in [2.75, 3.05) is 6.61 Å². The van der Waals surface area contributed by atoms with Crippen LogP contribution >= 0.6 is 11.6 Å². The second-order valence-corrected chi connectivity index (χ2v) is 3.57. The summed E-state index contributed by atoms with van der Waals surface area (Å²) in [6.45, 7) is 8.63. The molecule has 0 spiro atoms. The molecule has 0 N–H and O–H groups in total. The van der Waals surface area contributed by atoms with Gasteiger partial charge in [-0.25, -0.2) is 0 Å². The van der Waals surface area contributed by atoms with E-state index >= 15 is 0 Å². The van der Waals surface area contributed by atoms with Gasteiger partial charge < -0.3 is 4.74 Å². The van der Waals surface area contributed by atoms with Crippen molar-refractivity contribution < 1.29 is 4.74 Å². The molecule has 0 unspecified atom stereocenters. The summed E-state index contributed by atoms with van der Waals surface area (Å²) in [7, 11) is 0. The van der Waals surface area contributed by atoms with Gasteiger partial charge in [-0.05, 0) is 33.3 Å². The Morgan fingerprint density at radius 1 is 1.50 bits per heavy atom. The minimum atomic E-state index is -0.0683. The summed E-state index contributed by atoms with van der Waals surface area (Å²) >= 11 is 5.44. The largest absolute Gasteiger partial charge is 0.371 e. The fourth-order valence-corrected chi connectivity index (χ4v) is 0.425. The van der Waals surface area contributed by atoms with E-state index in [4.69, 9.17) is 16.3 Å². The van der Waals surface area contributed by atoms with Gasteiger partial charge in [0, 0.05) is 5.54 Å². The van der Waals surface area contributed by atoms with Gasteiger partial charge in [0.15, 0.2) is 0 Å². The zero-order valence-corrected chi connectivity index (χ0v) is 7.83. The Kier molecular flexibility index (Phi) is 3.99. The quantitative estimate of drug-likeness (QED) is 0.607. The van der Waals surface area contributed by atoms with Gasteiger partial charge in [0.1, 0.15) is 0 Å². The van der Waals surface area contributed by atoms with Gasteiger partial charge in [-0.2, -0.15) is 0 Å². The lowest BCUT2D eigenvalue weighted by atomic mass is 10.2. The second kappa shape index (κ2) is 3.99. The maximum atomic E-state index is 5.44. The van der Waals surface area contributed by atoms with Crippen molar-refractivity contribution >= 4 is 11.6 Å². The van der Waals surface area contributed by atoms with Crippen LogP contribution in [0.1, 0.15) is 27.7 Å². The summed E-state index contributed by atoms with van der Waals surface area (Å²) in [5, 5.41) is 0. The number of halogens is 1. The fraction of sp³-hybridized carbons (Fsp3) is 0.750. The molecule has 0 atom stereocenters. The Balaban J connectivity index is 3.56. The van der Waals surface area contributed by atoms with Gasteiger partial charge in [-0.15, -0.1) is 0 Å². The van der Waals surface area contributed by atoms with Gasteiger partial charge >= 0.3 is 0 Å². The zero-order chi connectivity index (χ0) is 8.20. The molecule has 60 valence electrons. The van der Waals surface area contributed by atoms with Crippen LogP contribution in [0, 0.1) is 0 Å². The molecule has 0 aliphatic heterocycles. The van der Waals surface area contributed by atoms with E-state index in [0.717, 1.165) is 5.57 Å². The fourth-order valence-electron chi connectivity index (χ4n) is 0.362. The third kappa shape index (κ3) is 6.12. The molecule has 0 saturated carbocycles. The molecule has 1 nitrogen and oxygen atoms in total. The summed E-state index contributed by atoms with van der Waals surface area (Å²) in [6, 6.07) is 0. The average Bonchev–Trinajstić information content (AvgIpc) is 1.81. The van der Waals surface area contributed by atoms with Crippen LogP contribution in [0.25, 0.3) is 0 Å². The number of rotatable bonds is 2. The summed E-state index contributed by atoms with van der Waals surface area (Å²) < 4.78 is 5.43. The van der Waals surface area contributed by atoms with E-state index < -0.39 is 0 Å². The molecule has 0 fully saturated rings. The molecule has 0 saturated heterocycles. The predicted molar refractivity (Wildman–Crippen MR) is 45.3 cm³/mol. The van der Waals surface area contributed by atoms with Crippen molar-refractivity contribution in [3.8, 4) is 0 Å². The Hall–Kier alpha value is -0.0100. The van der Waals surface area contributed by atoms with Gasteiger partial charge in [-0.3, -0.25) is 0 Å². The molecule has 0 amide bonds. The molecule has 0 aliphatic carbocycles. The zero-order valence-electron chi connectivity index (χ0n) is 7.07. The van der Waals surface area contributed by atoms with E-state index in [1.54, 1.807) is 5.54 Å². The lowest BCUT2D eigenvalue weighted by Crippen LogP contribution is -2.19. The molecule has 2 heteroatoms. The molecule has 0 aromatic heterocycles. The Morgan fingerprint density at radius 2 is 2.00 bits per heavy atom. The lowest BCUT2D eigenvalue weighted by molar-refractivity contribution is 0.0112. The number of hydrogen-bond donors (Lipinski definition) is 0. The van der Waals surface area contributed by atoms with Crippen LogP contribution in [0.4, 0.5) is 0 Å². The van der Waals surface area contributed by atoms with Crippen LogP contribution in [0.2, 0.25) is 0 Å². The highest BCUT2D eigenvalue weighted by Gasteiger charge is 2.08. The summed E-state index contributed by atoms with van der Waals surface area (Å²) in [4.78, 5) is 0. The first kappa shape index (κ1) is 9.99. The molecular formula is C8H15ClO. The van der Waals surface area contributed by atoms with Gasteiger partial charge in [0.2, 0.25) is 0 Å². The third-order valence-electron chi connectivity index (χ3n) is 0.919. The van der Waals surface area contributed by atoms with E-state index in [1.165, 1.54) is 0 Å². The van der Waals surface area contributed by atoms with Crippen molar-refractivity contribution in [2.45, 2.75) is 33.3 Å². The maximum Gasteiger partial charge on any atom is 0.0692 e. The van der Waals surface area contributed by atoms with Crippen molar-refractivity contribution in [3.05, 3.63) is 11.1 Å². The SMILES string of the molecule is CC(=CCl)COC(C)(C)C. The van der Waals surface area contributed by atoms with Crippen LogP contribution in [0.15, 0.2) is 11.1 Å². The summed E-state index contributed by atoms with van der Waals surface area (Å²) in [6.07, 6.45) is 0. The van der Waals surface area contributed by atoms with E-state index in [9.17, 15) is 0 Å². The Bertz CT molecular complexity index is 122. The van der Waals surface area contributed by atoms with E-state index in [2.05, 4.69) is 0 Å². The standard InChI is InChI=1S/C8H15ClO/c1-7(5-9)6-10-8(2,3)4/h5H,6H2,1-4H3. The first-order chi connectivity index (χ1) is 4.45. The van der Waals surface area contributed by atoms with Crippen LogP contribution < -0.4 is 0 Å². The van der Waals surface area contributed by atoms with Crippen molar-refractivity contribution in [1.29, 1.82) is 0 Å². The van der Waals surface area contributed by atoms with Gasteiger partial charge in [-0.1, -0.05) is 11.6 Å². The Labute approximate surface area is 68.0 Å². The topological polar surface area (TPSA) is 9.23 Å². The van der Waals surface area contributed by atoms with Crippen molar-refractivity contribution in [3.63, 3.8) is 0 Å². The molecular weight excluding hydrogens is 148 g/mol. The van der Waals surface area contributed by atoms with Gasteiger partial charge in [0.25, 0.3) is 0 Å². The minimum absolute atomic E-state index is 0.0683. The minimum Gasteiger partial charge on any atom is -0.371 e. The van der Waals surface area contributed by atoms with Crippen LogP contribution in [0.3, 0.4) is 0 Å². The molecule has 10 heavy (non-hydrogen) atoms. The second-order valence-electron chi connectivity index (χ2n) is 3.36. The van der Waals surface area contributed by atoms with E-state index in [-0.39, 0.29) is 5.60 Å².